The Morgan fingerprint density at radius 2 is 1.83 bits per heavy atom. The second-order valence-electron chi connectivity index (χ2n) is 2.79. The zero-order valence-electron chi connectivity index (χ0n) is 6.55. The number of fused-ring (bicyclic) bond motifs is 1. The van der Waals surface area contributed by atoms with Gasteiger partial charge in [-0.05, 0) is 35.4 Å². The van der Waals surface area contributed by atoms with Gasteiger partial charge in [-0.25, -0.2) is 4.39 Å². The maximum atomic E-state index is 12.9. The van der Waals surface area contributed by atoms with Gasteiger partial charge in [0.25, 0.3) is 0 Å². The number of hydrogen-bond donors (Lipinski definition) is 0. The van der Waals surface area contributed by atoms with Gasteiger partial charge in [-0.3, -0.25) is 0 Å². The van der Waals surface area contributed by atoms with E-state index in [1.807, 2.05) is 24.3 Å². The maximum absolute atomic E-state index is 12.9. The van der Waals surface area contributed by atoms with E-state index in [1.165, 1.54) is 12.1 Å². The standard InChI is InChI=1S/C11H8F/c1-8-6-10(12)7-9-4-2-3-5-11(8)9/h2-7H,1H2. The van der Waals surface area contributed by atoms with Gasteiger partial charge in [0.2, 0.25) is 0 Å². The Kier molecular flexibility index (Phi) is 1.58. The van der Waals surface area contributed by atoms with Crippen LogP contribution in [-0.4, -0.2) is 0 Å². The molecule has 0 N–H and O–H groups in total. The molecule has 2 rings (SSSR count). The van der Waals surface area contributed by atoms with Crippen LogP contribution in [0.2, 0.25) is 0 Å². The molecule has 0 aliphatic heterocycles. The van der Waals surface area contributed by atoms with E-state index in [-0.39, 0.29) is 5.82 Å². The summed E-state index contributed by atoms with van der Waals surface area (Å²) in [5, 5.41) is 1.92. The monoisotopic (exact) mass is 159 g/mol. The lowest BCUT2D eigenvalue weighted by Gasteiger charge is -2.00. The summed E-state index contributed by atoms with van der Waals surface area (Å²) in [4.78, 5) is 0. The van der Waals surface area contributed by atoms with E-state index < -0.39 is 0 Å². The third-order valence-electron chi connectivity index (χ3n) is 1.91. The molecule has 0 aliphatic rings. The Morgan fingerprint density at radius 3 is 2.67 bits per heavy atom. The second kappa shape index (κ2) is 2.59. The molecule has 1 heteroatoms. The molecule has 2 aromatic carbocycles. The predicted molar refractivity (Wildman–Crippen MR) is 48.4 cm³/mol. The molecular weight excluding hydrogens is 151 g/mol. The molecule has 2 aromatic rings. The van der Waals surface area contributed by atoms with E-state index in [2.05, 4.69) is 6.92 Å². The van der Waals surface area contributed by atoms with Crippen molar-refractivity contribution >= 4 is 10.8 Å². The molecule has 0 nitrogen and oxygen atoms in total. The molecule has 0 spiro atoms. The highest BCUT2D eigenvalue weighted by Crippen LogP contribution is 2.19. The molecule has 0 fully saturated rings. The van der Waals surface area contributed by atoms with Crippen molar-refractivity contribution in [3.63, 3.8) is 0 Å². The van der Waals surface area contributed by atoms with Gasteiger partial charge >= 0.3 is 0 Å². The minimum absolute atomic E-state index is 0.223. The van der Waals surface area contributed by atoms with Crippen LogP contribution in [-0.2, 0) is 0 Å². The zero-order chi connectivity index (χ0) is 8.55. The average Bonchev–Trinajstić information content (AvgIpc) is 2.04. The summed E-state index contributed by atoms with van der Waals surface area (Å²) >= 11 is 0. The van der Waals surface area contributed by atoms with Gasteiger partial charge in [0, 0.05) is 0 Å². The molecule has 59 valence electrons. The lowest BCUT2D eigenvalue weighted by atomic mass is 10.1. The third-order valence-corrected chi connectivity index (χ3v) is 1.91. The summed E-state index contributed by atoms with van der Waals surface area (Å²) in [5.41, 5.74) is 0.741. The average molecular weight is 159 g/mol. The highest BCUT2D eigenvalue weighted by molar-refractivity contribution is 5.86. The largest absolute Gasteiger partial charge is 0.207 e. The van der Waals surface area contributed by atoms with Crippen LogP contribution in [0.4, 0.5) is 4.39 Å². The first-order chi connectivity index (χ1) is 5.77. The Balaban J connectivity index is 2.89. The zero-order valence-corrected chi connectivity index (χ0v) is 6.55. The van der Waals surface area contributed by atoms with Crippen molar-refractivity contribution in [3.05, 3.63) is 54.7 Å². The van der Waals surface area contributed by atoms with Gasteiger partial charge in [-0.15, -0.1) is 0 Å². The molecule has 0 heterocycles. The van der Waals surface area contributed by atoms with E-state index >= 15 is 0 Å². The topological polar surface area (TPSA) is 0 Å². The van der Waals surface area contributed by atoms with E-state index in [9.17, 15) is 4.39 Å². The lowest BCUT2D eigenvalue weighted by Crippen LogP contribution is -1.80. The van der Waals surface area contributed by atoms with E-state index in [4.69, 9.17) is 0 Å². The Bertz CT molecular complexity index is 418. The van der Waals surface area contributed by atoms with Crippen LogP contribution in [0.3, 0.4) is 0 Å². The number of hydrogen-bond acceptors (Lipinski definition) is 0. The highest BCUT2D eigenvalue weighted by Gasteiger charge is 1.98. The van der Waals surface area contributed by atoms with Crippen molar-refractivity contribution in [2.24, 2.45) is 0 Å². The molecule has 12 heavy (non-hydrogen) atoms. The van der Waals surface area contributed by atoms with Crippen LogP contribution in [0.1, 0.15) is 5.56 Å². The van der Waals surface area contributed by atoms with E-state index in [1.54, 1.807) is 0 Å². The van der Waals surface area contributed by atoms with Crippen LogP contribution in [0.15, 0.2) is 36.4 Å². The fraction of sp³-hybridized carbons (Fsp3) is 0. The summed E-state index contributed by atoms with van der Waals surface area (Å²) in [5.74, 6) is -0.223. The van der Waals surface area contributed by atoms with Crippen LogP contribution >= 0.6 is 0 Å². The number of benzene rings is 2. The van der Waals surface area contributed by atoms with Crippen LogP contribution in [0.5, 0.6) is 0 Å². The molecule has 0 saturated carbocycles. The van der Waals surface area contributed by atoms with Gasteiger partial charge in [-0.2, -0.15) is 0 Å². The minimum atomic E-state index is -0.223. The number of halogens is 1. The van der Waals surface area contributed by atoms with Crippen molar-refractivity contribution in [1.29, 1.82) is 0 Å². The summed E-state index contributed by atoms with van der Waals surface area (Å²) < 4.78 is 12.9. The second-order valence-corrected chi connectivity index (χ2v) is 2.79. The summed E-state index contributed by atoms with van der Waals surface area (Å²) in [6.45, 7) is 3.77. The van der Waals surface area contributed by atoms with Gasteiger partial charge in [-0.1, -0.05) is 24.3 Å². The van der Waals surface area contributed by atoms with Crippen molar-refractivity contribution in [2.45, 2.75) is 0 Å². The Hall–Kier alpha value is -1.37. The fourth-order valence-electron chi connectivity index (χ4n) is 1.35. The first-order valence-electron chi connectivity index (χ1n) is 3.77. The van der Waals surface area contributed by atoms with Gasteiger partial charge < -0.3 is 0 Å². The molecular formula is C11H8F. The number of rotatable bonds is 0. The van der Waals surface area contributed by atoms with Crippen molar-refractivity contribution in [2.75, 3.05) is 0 Å². The summed E-state index contributed by atoms with van der Waals surface area (Å²) in [7, 11) is 0. The maximum Gasteiger partial charge on any atom is 0.124 e. The van der Waals surface area contributed by atoms with E-state index in [0.29, 0.717) is 0 Å². The van der Waals surface area contributed by atoms with Gasteiger partial charge in [0.1, 0.15) is 5.82 Å². The van der Waals surface area contributed by atoms with E-state index in [0.717, 1.165) is 16.3 Å². The molecule has 0 unspecified atom stereocenters. The van der Waals surface area contributed by atoms with Gasteiger partial charge in [0.05, 0.1) is 0 Å². The van der Waals surface area contributed by atoms with Gasteiger partial charge in [0.15, 0.2) is 0 Å². The normalized spacial score (nSPS) is 10.5. The summed E-state index contributed by atoms with van der Waals surface area (Å²) in [6.07, 6.45) is 0. The minimum Gasteiger partial charge on any atom is -0.207 e. The molecule has 0 atom stereocenters. The molecule has 0 aromatic heterocycles. The van der Waals surface area contributed by atoms with Crippen molar-refractivity contribution < 1.29 is 4.39 Å². The molecule has 0 saturated heterocycles. The lowest BCUT2D eigenvalue weighted by molar-refractivity contribution is 0.629. The molecule has 0 aliphatic carbocycles. The first kappa shape index (κ1) is 7.29. The third kappa shape index (κ3) is 1.07. The Labute approximate surface area is 70.6 Å². The fourth-order valence-corrected chi connectivity index (χ4v) is 1.35. The van der Waals surface area contributed by atoms with Crippen LogP contribution < -0.4 is 0 Å². The van der Waals surface area contributed by atoms with Crippen molar-refractivity contribution in [1.82, 2.24) is 0 Å². The van der Waals surface area contributed by atoms with Crippen LogP contribution in [0, 0.1) is 12.7 Å². The highest BCUT2D eigenvalue weighted by atomic mass is 19.1. The SMILES string of the molecule is [CH2]c1cc(F)cc2ccccc12. The first-order valence-corrected chi connectivity index (χ1v) is 3.77. The molecule has 1 radical (unpaired) electrons. The summed E-state index contributed by atoms with van der Waals surface area (Å²) in [6, 6.07) is 10.6. The predicted octanol–water partition coefficient (Wildman–Crippen LogP) is 3.16. The Morgan fingerprint density at radius 1 is 1.08 bits per heavy atom. The molecule has 0 amide bonds. The van der Waals surface area contributed by atoms with Crippen molar-refractivity contribution in [3.8, 4) is 0 Å². The smallest absolute Gasteiger partial charge is 0.124 e. The quantitative estimate of drug-likeness (QED) is 0.554. The van der Waals surface area contributed by atoms with Crippen LogP contribution in [0.25, 0.3) is 10.8 Å². The molecule has 0 bridgehead atoms.